The number of ether oxygens (including phenoxy) is 4. The Morgan fingerprint density at radius 2 is 0.491 bits per heavy atom. The molecule has 0 aliphatic carbocycles. The van der Waals surface area contributed by atoms with E-state index in [2.05, 4.69) is 171 Å². The minimum atomic E-state index is -2.37. The van der Waals surface area contributed by atoms with Crippen LogP contribution in [0.4, 0.5) is 0 Å². The van der Waals surface area contributed by atoms with E-state index in [0.717, 1.165) is 44.3 Å². The molecule has 0 radical (unpaired) electrons. The van der Waals surface area contributed by atoms with Gasteiger partial charge in [-0.05, 0) is 60.4 Å². The van der Waals surface area contributed by atoms with Crippen molar-refractivity contribution in [2.24, 2.45) is 23.7 Å². The SMILES string of the molecule is CCCCCCCCC(CCCCCC)COc1c2c[c]([Sn]([CH3])([CH3])[CH3])sc2c(OCC(CCCCCC)CCCCCCCC)c2c[c]([Sn]([CH3])([CH3])[CH3])sc12.CCCCCCCCC(CCCCCC)COc1c2ccsc2c(OCC(CCCCCC)CCCCCCCC)c2ccsc12.[CH2-]CCC.[CH3][Sn]([CH3])([CH3])[Cl].[Li+]. The Labute approximate surface area is 727 Å². The van der Waals surface area contributed by atoms with Crippen LogP contribution in [0.15, 0.2) is 35.0 Å². The molecular formula is C97H174ClLiO4S4Sn3. The van der Waals surface area contributed by atoms with Crippen LogP contribution in [-0.2, 0) is 0 Å². The molecule has 4 aromatic heterocycles. The van der Waals surface area contributed by atoms with E-state index in [1.807, 2.05) is 22.7 Å². The molecule has 4 nitrogen and oxygen atoms in total. The van der Waals surface area contributed by atoms with Crippen molar-refractivity contribution in [1.29, 1.82) is 0 Å². The number of fused-ring (bicyclic) bond motifs is 4. The monoisotopic (exact) mass is 1930 g/mol. The first-order chi connectivity index (χ1) is 52.6. The molecule has 4 unspecified atom stereocenters. The van der Waals surface area contributed by atoms with E-state index in [1.165, 1.54) is 366 Å². The topological polar surface area (TPSA) is 36.9 Å². The van der Waals surface area contributed by atoms with Gasteiger partial charge in [0.2, 0.25) is 0 Å². The zero-order valence-corrected chi connectivity index (χ0v) is 88.4. The molecule has 4 atom stereocenters. The van der Waals surface area contributed by atoms with E-state index in [4.69, 9.17) is 27.9 Å². The number of rotatable bonds is 63. The normalized spacial score (nSPS) is 13.0. The van der Waals surface area contributed by atoms with Crippen LogP contribution in [-0.4, -0.2) is 80.4 Å². The Kier molecular flexibility index (Phi) is 63.6. The summed E-state index contributed by atoms with van der Waals surface area (Å²) in [5.41, 5.74) is 0. The fourth-order valence-electron chi connectivity index (χ4n) is 14.9. The third kappa shape index (κ3) is 46.0. The molecular weight excluding hydrogens is 1760 g/mol. The van der Waals surface area contributed by atoms with Gasteiger partial charge in [-0.3, -0.25) is 0 Å². The van der Waals surface area contributed by atoms with E-state index in [0.29, 0.717) is 23.7 Å². The van der Waals surface area contributed by atoms with Crippen molar-refractivity contribution in [3.63, 3.8) is 0 Å². The molecule has 6 rings (SSSR count). The summed E-state index contributed by atoms with van der Waals surface area (Å²) in [6, 6.07) is 9.73. The number of unbranched alkanes of at least 4 members (excludes halogenated alkanes) is 33. The number of hydrogen-bond acceptors (Lipinski definition) is 8. The van der Waals surface area contributed by atoms with Gasteiger partial charge < -0.3 is 16.4 Å². The quantitative estimate of drug-likeness (QED) is 0.0217. The van der Waals surface area contributed by atoms with Crippen LogP contribution in [0.25, 0.3) is 40.3 Å². The second-order valence-electron chi connectivity index (χ2n) is 36.1. The van der Waals surface area contributed by atoms with Crippen molar-refractivity contribution in [3.05, 3.63) is 41.9 Å². The molecule has 0 fully saturated rings. The largest absolute Gasteiger partial charge is 1.00 e. The molecule has 0 bridgehead atoms. The maximum atomic E-state index is 7.26. The summed E-state index contributed by atoms with van der Waals surface area (Å²) in [6.07, 6.45) is 67.1. The van der Waals surface area contributed by atoms with Crippen molar-refractivity contribution in [2.75, 3.05) is 26.4 Å². The van der Waals surface area contributed by atoms with Crippen LogP contribution in [0.1, 0.15) is 383 Å². The van der Waals surface area contributed by atoms with Crippen LogP contribution >= 0.6 is 54.3 Å². The maximum absolute atomic E-state index is 7.26. The number of benzene rings is 2. The van der Waals surface area contributed by atoms with E-state index in [-0.39, 0.29) is 18.9 Å². The van der Waals surface area contributed by atoms with Gasteiger partial charge in [0, 0.05) is 10.8 Å². The van der Waals surface area contributed by atoms with E-state index < -0.39 is 54.0 Å². The summed E-state index contributed by atoms with van der Waals surface area (Å²) >= 11 is 1.34. The standard InChI is InChI=1S/C42H70O2S2.C42H68O2S2.C4H9.9CH3.ClH.Li.3Sn/c2*1-5-9-13-17-19-23-27-35(25-21-15-11-7-3)33-43-39-37-29-31-46-42(37)40(38-30-32-45-41(38)39)44-34-36(26-22-16-12-8-4)28-24-20-18-14-10-6-2;1-3-4-2;;;;;;;;;;;;;;/h29-32,35-36H,5-28,33-34H2,1-4H3;29-30,35-36H,5-28,33-34H2,1-4H3;1,3-4H2,2H3;9*1H3;1H;;;;/q;;-1;;;;;;;;;;;+1;;;+1/p-1. The van der Waals surface area contributed by atoms with Gasteiger partial charge in [0.05, 0.1) is 22.6 Å². The van der Waals surface area contributed by atoms with Gasteiger partial charge in [-0.2, -0.15) is 6.42 Å². The Bertz CT molecular complexity index is 2830. The van der Waals surface area contributed by atoms with E-state index >= 15 is 0 Å². The van der Waals surface area contributed by atoms with Gasteiger partial charge in [-0.25, -0.2) is 0 Å². The predicted octanol–water partition coefficient (Wildman–Crippen LogP) is 32.9. The Morgan fingerprint density at radius 3 is 0.691 bits per heavy atom. The van der Waals surface area contributed by atoms with Crippen molar-refractivity contribution < 1.29 is 37.8 Å². The maximum Gasteiger partial charge on any atom is 1.00 e. The molecule has 630 valence electrons. The smallest absolute Gasteiger partial charge is 1.00 e. The van der Waals surface area contributed by atoms with Gasteiger partial charge in [-0.15, -0.1) is 22.7 Å². The van der Waals surface area contributed by atoms with Crippen molar-refractivity contribution in [3.8, 4) is 23.0 Å². The third-order valence-corrected chi connectivity index (χ3v) is 45.0. The summed E-state index contributed by atoms with van der Waals surface area (Å²) in [7, 11) is 5.74. The molecule has 4 heterocycles. The van der Waals surface area contributed by atoms with Gasteiger partial charge in [0.25, 0.3) is 0 Å². The first-order valence-electron chi connectivity index (χ1n) is 46.5. The average Bonchev–Trinajstić information content (AvgIpc) is 1.58. The fraction of sp³-hybridized carbons (Fsp3) is 0.784. The molecule has 6 aromatic rings. The Balaban J connectivity index is 0.000000672. The molecule has 13 heteroatoms. The second-order valence-corrected chi connectivity index (χ2v) is 90.3. The summed E-state index contributed by atoms with van der Waals surface area (Å²) in [5, 5.41) is 9.72. The first-order valence-corrected chi connectivity index (χ1v) is 82.1. The summed E-state index contributed by atoms with van der Waals surface area (Å²) < 4.78 is 36.9. The molecule has 0 aliphatic rings. The van der Waals surface area contributed by atoms with E-state index in [9.17, 15) is 0 Å². The molecule has 0 aliphatic heterocycles. The Morgan fingerprint density at radius 1 is 0.300 bits per heavy atom. The van der Waals surface area contributed by atoms with Gasteiger partial charge in [0.1, 0.15) is 11.5 Å². The first kappa shape index (κ1) is 107. The summed E-state index contributed by atoms with van der Waals surface area (Å²) in [5.74, 6) is 7.20. The zero-order valence-electron chi connectivity index (χ0n) is 75.8. The van der Waals surface area contributed by atoms with Crippen LogP contribution in [0.2, 0.25) is 44.5 Å². The molecule has 110 heavy (non-hydrogen) atoms. The molecule has 0 saturated heterocycles. The molecule has 0 N–H and O–H groups in total. The molecule has 0 amide bonds. The minimum absolute atomic E-state index is 0. The van der Waals surface area contributed by atoms with Gasteiger partial charge in [0.15, 0.2) is 0 Å². The van der Waals surface area contributed by atoms with Crippen molar-refractivity contribution in [2.45, 2.75) is 428 Å². The zero-order chi connectivity index (χ0) is 80.0. The van der Waals surface area contributed by atoms with Crippen molar-refractivity contribution >= 4 is 154 Å². The molecule has 2 aromatic carbocycles. The predicted molar refractivity (Wildman–Crippen MR) is 513 cm³/mol. The van der Waals surface area contributed by atoms with Crippen LogP contribution < -0.4 is 43.6 Å². The number of hydrogen-bond donors (Lipinski definition) is 0. The van der Waals surface area contributed by atoms with Gasteiger partial charge in [-0.1, -0.05) is 223 Å². The van der Waals surface area contributed by atoms with Crippen LogP contribution in [0.5, 0.6) is 23.0 Å². The number of thiophene rings is 4. The average molecular weight is 1930 g/mol. The fourth-order valence-corrected chi connectivity index (χ4v) is 29.5. The van der Waals surface area contributed by atoms with Crippen LogP contribution in [0.3, 0.4) is 0 Å². The van der Waals surface area contributed by atoms with Crippen molar-refractivity contribution in [1.82, 2.24) is 0 Å². The number of halogens is 1. The molecule has 0 spiro atoms. The summed E-state index contributed by atoms with van der Waals surface area (Å²) in [4.78, 5) is 22.0. The summed E-state index contributed by atoms with van der Waals surface area (Å²) in [6.45, 7) is 27.7. The minimum Gasteiger partial charge on any atom is 1.00 e. The van der Waals surface area contributed by atoms with E-state index in [1.54, 1.807) is 5.79 Å². The molecule has 0 saturated carbocycles. The van der Waals surface area contributed by atoms with Crippen LogP contribution in [0, 0.1) is 30.6 Å². The second kappa shape index (κ2) is 65.5. The Hall–Kier alpha value is 0.764. The third-order valence-electron chi connectivity index (χ3n) is 22.0. The van der Waals surface area contributed by atoms with Gasteiger partial charge >= 0.3 is 361 Å².